The second kappa shape index (κ2) is 5.08. The van der Waals surface area contributed by atoms with Gasteiger partial charge in [0, 0.05) is 17.9 Å². The number of rotatable bonds is 5. The Morgan fingerprint density at radius 1 is 1.50 bits per heavy atom. The summed E-state index contributed by atoms with van der Waals surface area (Å²) in [4.78, 5) is 4.03. The van der Waals surface area contributed by atoms with Gasteiger partial charge in [-0.3, -0.25) is 4.98 Å². The Kier molecular flexibility index (Phi) is 4.04. The van der Waals surface area contributed by atoms with Gasteiger partial charge in [-0.1, -0.05) is 6.07 Å². The van der Waals surface area contributed by atoms with E-state index in [1.807, 2.05) is 32.2 Å². The molecule has 0 aliphatic rings. The molecule has 0 saturated heterocycles. The van der Waals surface area contributed by atoms with Gasteiger partial charge in [0.1, 0.15) is 0 Å². The minimum atomic E-state index is -0.241. The second-order valence-electron chi connectivity index (χ2n) is 4.15. The molecule has 0 amide bonds. The lowest BCUT2D eigenvalue weighted by atomic mass is 10.1. The average Bonchev–Trinajstić information content (AvgIpc) is 2.13. The fraction of sp³-hybridized carbons (Fsp3) is 0.545. The largest absolute Gasteiger partial charge is 0.379 e. The molecule has 0 aliphatic heterocycles. The Labute approximate surface area is 85.3 Å². The summed E-state index contributed by atoms with van der Waals surface area (Å²) in [5.41, 5.74) is 6.73. The average molecular weight is 194 g/mol. The first-order valence-electron chi connectivity index (χ1n) is 4.83. The van der Waals surface area contributed by atoms with E-state index < -0.39 is 0 Å². The van der Waals surface area contributed by atoms with Crippen LogP contribution in [-0.4, -0.2) is 23.7 Å². The SMILES string of the molecule is CC(C)(N)COCCc1cccnc1. The highest BCUT2D eigenvalue weighted by Gasteiger charge is 2.09. The lowest BCUT2D eigenvalue weighted by Crippen LogP contribution is -2.37. The summed E-state index contributed by atoms with van der Waals surface area (Å²) in [5.74, 6) is 0. The van der Waals surface area contributed by atoms with Crippen molar-refractivity contribution >= 4 is 0 Å². The van der Waals surface area contributed by atoms with Crippen molar-refractivity contribution in [3.05, 3.63) is 30.1 Å². The van der Waals surface area contributed by atoms with Gasteiger partial charge in [-0.25, -0.2) is 0 Å². The highest BCUT2D eigenvalue weighted by atomic mass is 16.5. The van der Waals surface area contributed by atoms with Crippen LogP contribution in [0.5, 0.6) is 0 Å². The molecule has 0 unspecified atom stereocenters. The van der Waals surface area contributed by atoms with E-state index in [9.17, 15) is 0 Å². The highest BCUT2D eigenvalue weighted by Crippen LogP contribution is 2.00. The summed E-state index contributed by atoms with van der Waals surface area (Å²) in [6, 6.07) is 3.98. The van der Waals surface area contributed by atoms with E-state index in [0.717, 1.165) is 6.42 Å². The van der Waals surface area contributed by atoms with E-state index in [1.165, 1.54) is 5.56 Å². The van der Waals surface area contributed by atoms with Crippen LogP contribution in [0.3, 0.4) is 0 Å². The first kappa shape index (κ1) is 11.1. The van der Waals surface area contributed by atoms with Crippen LogP contribution in [0.2, 0.25) is 0 Å². The predicted octanol–water partition coefficient (Wildman–Crippen LogP) is 1.38. The third-order valence-corrected chi connectivity index (χ3v) is 1.73. The third kappa shape index (κ3) is 4.94. The molecule has 1 rings (SSSR count). The van der Waals surface area contributed by atoms with Crippen molar-refractivity contribution in [1.82, 2.24) is 4.98 Å². The summed E-state index contributed by atoms with van der Waals surface area (Å²) in [6.07, 6.45) is 4.52. The molecule has 0 aromatic carbocycles. The van der Waals surface area contributed by atoms with Gasteiger partial charge in [0.2, 0.25) is 0 Å². The number of ether oxygens (including phenoxy) is 1. The van der Waals surface area contributed by atoms with Crippen molar-refractivity contribution in [2.75, 3.05) is 13.2 Å². The number of hydrogen-bond acceptors (Lipinski definition) is 3. The molecule has 3 heteroatoms. The molecule has 0 fully saturated rings. The fourth-order valence-electron chi connectivity index (χ4n) is 1.07. The van der Waals surface area contributed by atoms with Crippen molar-refractivity contribution in [2.45, 2.75) is 25.8 Å². The van der Waals surface area contributed by atoms with Gasteiger partial charge in [0.15, 0.2) is 0 Å². The zero-order valence-electron chi connectivity index (χ0n) is 8.86. The molecule has 0 spiro atoms. The molecule has 1 aromatic rings. The van der Waals surface area contributed by atoms with E-state index in [0.29, 0.717) is 13.2 Å². The van der Waals surface area contributed by atoms with Crippen molar-refractivity contribution in [3.8, 4) is 0 Å². The van der Waals surface area contributed by atoms with Gasteiger partial charge in [-0.05, 0) is 31.9 Å². The predicted molar refractivity (Wildman–Crippen MR) is 57.0 cm³/mol. The molecule has 0 bridgehead atoms. The highest BCUT2D eigenvalue weighted by molar-refractivity contribution is 5.08. The molecule has 14 heavy (non-hydrogen) atoms. The van der Waals surface area contributed by atoms with Crippen LogP contribution in [0.15, 0.2) is 24.5 Å². The fourth-order valence-corrected chi connectivity index (χ4v) is 1.07. The molecular formula is C11H18N2O. The minimum Gasteiger partial charge on any atom is -0.379 e. The van der Waals surface area contributed by atoms with E-state index >= 15 is 0 Å². The molecule has 0 saturated carbocycles. The standard InChI is InChI=1S/C11H18N2O/c1-11(2,12)9-14-7-5-10-4-3-6-13-8-10/h3-4,6,8H,5,7,9,12H2,1-2H3. The Hall–Kier alpha value is -0.930. The number of aromatic nitrogens is 1. The van der Waals surface area contributed by atoms with Crippen molar-refractivity contribution < 1.29 is 4.74 Å². The zero-order chi connectivity index (χ0) is 10.4. The number of hydrogen-bond donors (Lipinski definition) is 1. The Morgan fingerprint density at radius 2 is 2.29 bits per heavy atom. The topological polar surface area (TPSA) is 48.1 Å². The normalized spacial score (nSPS) is 11.6. The quantitative estimate of drug-likeness (QED) is 0.720. The number of pyridine rings is 1. The van der Waals surface area contributed by atoms with Crippen molar-refractivity contribution in [1.29, 1.82) is 0 Å². The second-order valence-corrected chi connectivity index (χ2v) is 4.15. The van der Waals surface area contributed by atoms with Crippen LogP contribution < -0.4 is 5.73 Å². The summed E-state index contributed by atoms with van der Waals surface area (Å²) >= 11 is 0. The Balaban J connectivity index is 2.17. The summed E-state index contributed by atoms with van der Waals surface area (Å²) in [6.45, 7) is 5.20. The van der Waals surface area contributed by atoms with Gasteiger partial charge in [0.05, 0.1) is 13.2 Å². The van der Waals surface area contributed by atoms with Crippen molar-refractivity contribution in [3.63, 3.8) is 0 Å². The number of nitrogens with two attached hydrogens (primary N) is 1. The molecular weight excluding hydrogens is 176 g/mol. The molecule has 2 N–H and O–H groups in total. The van der Waals surface area contributed by atoms with Gasteiger partial charge in [-0.15, -0.1) is 0 Å². The van der Waals surface area contributed by atoms with E-state index in [2.05, 4.69) is 4.98 Å². The molecule has 0 atom stereocenters. The van der Waals surface area contributed by atoms with E-state index in [1.54, 1.807) is 6.20 Å². The molecule has 1 heterocycles. The van der Waals surface area contributed by atoms with E-state index in [4.69, 9.17) is 10.5 Å². The maximum absolute atomic E-state index is 5.78. The van der Waals surface area contributed by atoms with Crippen LogP contribution in [0.1, 0.15) is 19.4 Å². The van der Waals surface area contributed by atoms with Crippen LogP contribution in [0.4, 0.5) is 0 Å². The van der Waals surface area contributed by atoms with Crippen LogP contribution in [0.25, 0.3) is 0 Å². The Morgan fingerprint density at radius 3 is 2.86 bits per heavy atom. The van der Waals surface area contributed by atoms with Crippen LogP contribution in [-0.2, 0) is 11.2 Å². The lowest BCUT2D eigenvalue weighted by molar-refractivity contribution is 0.0996. The molecule has 0 radical (unpaired) electrons. The van der Waals surface area contributed by atoms with Crippen molar-refractivity contribution in [2.24, 2.45) is 5.73 Å². The molecule has 78 valence electrons. The smallest absolute Gasteiger partial charge is 0.0640 e. The first-order valence-corrected chi connectivity index (χ1v) is 4.83. The van der Waals surface area contributed by atoms with Crippen LogP contribution >= 0.6 is 0 Å². The molecule has 0 aliphatic carbocycles. The van der Waals surface area contributed by atoms with Gasteiger partial charge in [0.25, 0.3) is 0 Å². The van der Waals surface area contributed by atoms with Crippen LogP contribution in [0, 0.1) is 0 Å². The van der Waals surface area contributed by atoms with Gasteiger partial charge in [-0.2, -0.15) is 0 Å². The number of nitrogens with zero attached hydrogens (tertiary/aromatic N) is 1. The lowest BCUT2D eigenvalue weighted by Gasteiger charge is -2.18. The Bertz CT molecular complexity index is 254. The third-order valence-electron chi connectivity index (χ3n) is 1.73. The monoisotopic (exact) mass is 194 g/mol. The molecule has 1 aromatic heterocycles. The van der Waals surface area contributed by atoms with Gasteiger partial charge >= 0.3 is 0 Å². The van der Waals surface area contributed by atoms with Gasteiger partial charge < -0.3 is 10.5 Å². The maximum atomic E-state index is 5.78. The first-order chi connectivity index (χ1) is 6.58. The summed E-state index contributed by atoms with van der Waals surface area (Å²) < 4.78 is 5.45. The molecule has 3 nitrogen and oxygen atoms in total. The minimum absolute atomic E-state index is 0.241. The van der Waals surface area contributed by atoms with E-state index in [-0.39, 0.29) is 5.54 Å². The zero-order valence-corrected chi connectivity index (χ0v) is 8.86. The summed E-state index contributed by atoms with van der Waals surface area (Å²) in [5, 5.41) is 0. The summed E-state index contributed by atoms with van der Waals surface area (Å²) in [7, 11) is 0. The maximum Gasteiger partial charge on any atom is 0.0640 e.